The van der Waals surface area contributed by atoms with Crippen LogP contribution in [0.3, 0.4) is 0 Å². The van der Waals surface area contributed by atoms with Gasteiger partial charge in [-0.3, -0.25) is 4.79 Å². The van der Waals surface area contributed by atoms with E-state index in [0.29, 0.717) is 18.0 Å². The number of methoxy groups -OCH3 is 1. The maximum absolute atomic E-state index is 12.7. The van der Waals surface area contributed by atoms with Crippen LogP contribution in [-0.2, 0) is 0 Å². The summed E-state index contributed by atoms with van der Waals surface area (Å²) in [6, 6.07) is 3.66. The molecule has 7 nitrogen and oxygen atoms in total. The van der Waals surface area contributed by atoms with Gasteiger partial charge in [0, 0.05) is 19.3 Å². The zero-order valence-corrected chi connectivity index (χ0v) is 11.8. The monoisotopic (exact) mass is 287 g/mol. The summed E-state index contributed by atoms with van der Waals surface area (Å²) in [5.41, 5.74) is 0.499. The molecule has 3 rings (SSSR count). The smallest absolute Gasteiger partial charge is 0.259 e. The van der Waals surface area contributed by atoms with Gasteiger partial charge in [0.1, 0.15) is 18.2 Å². The molecule has 1 unspecified atom stereocenters. The SMILES string of the molecule is COc1ncccc1C(=O)N1CCCC(n2cncn2)C1. The summed E-state index contributed by atoms with van der Waals surface area (Å²) in [6.07, 6.45) is 6.77. The van der Waals surface area contributed by atoms with Crippen LogP contribution in [0.2, 0.25) is 0 Å². The molecular formula is C14H17N5O2. The Balaban J connectivity index is 1.78. The number of hydrogen-bond acceptors (Lipinski definition) is 5. The Morgan fingerprint density at radius 3 is 3.14 bits per heavy atom. The molecule has 1 fully saturated rings. The molecule has 1 aliphatic heterocycles. The molecular weight excluding hydrogens is 270 g/mol. The van der Waals surface area contributed by atoms with Crippen LogP contribution < -0.4 is 4.74 Å². The third-order valence-corrected chi connectivity index (χ3v) is 3.69. The molecule has 0 aromatic carbocycles. The fourth-order valence-corrected chi connectivity index (χ4v) is 2.65. The third-order valence-electron chi connectivity index (χ3n) is 3.69. The first kappa shape index (κ1) is 13.5. The fourth-order valence-electron chi connectivity index (χ4n) is 2.65. The van der Waals surface area contributed by atoms with Crippen molar-refractivity contribution < 1.29 is 9.53 Å². The maximum Gasteiger partial charge on any atom is 0.259 e. The average molecular weight is 287 g/mol. The highest BCUT2D eigenvalue weighted by Crippen LogP contribution is 2.24. The standard InChI is InChI=1S/C14H17N5O2/c1-21-13-12(5-2-6-16-13)14(20)18-7-3-4-11(8-18)19-10-15-9-17-19/h2,5-6,9-11H,3-4,7-8H2,1H3. The Hall–Kier alpha value is -2.44. The van der Waals surface area contributed by atoms with Crippen LogP contribution in [0.15, 0.2) is 31.0 Å². The average Bonchev–Trinajstić information content (AvgIpc) is 3.09. The largest absolute Gasteiger partial charge is 0.480 e. The van der Waals surface area contributed by atoms with Crippen LogP contribution in [0, 0.1) is 0 Å². The lowest BCUT2D eigenvalue weighted by molar-refractivity contribution is 0.0668. The lowest BCUT2D eigenvalue weighted by atomic mass is 10.0. The molecule has 1 aliphatic rings. The first-order valence-corrected chi connectivity index (χ1v) is 6.92. The van der Waals surface area contributed by atoms with Gasteiger partial charge in [-0.25, -0.2) is 14.6 Å². The molecule has 0 spiro atoms. The van der Waals surface area contributed by atoms with Crippen molar-refractivity contribution >= 4 is 5.91 Å². The van der Waals surface area contributed by atoms with Gasteiger partial charge in [-0.1, -0.05) is 0 Å². The number of hydrogen-bond donors (Lipinski definition) is 0. The van der Waals surface area contributed by atoms with Crippen LogP contribution in [0.4, 0.5) is 0 Å². The van der Waals surface area contributed by atoms with E-state index in [-0.39, 0.29) is 11.9 Å². The molecule has 0 aliphatic carbocycles. The van der Waals surface area contributed by atoms with Gasteiger partial charge in [-0.15, -0.1) is 0 Å². The van der Waals surface area contributed by atoms with Crippen LogP contribution in [0.1, 0.15) is 29.2 Å². The lowest BCUT2D eigenvalue weighted by Crippen LogP contribution is -2.41. The van der Waals surface area contributed by atoms with Gasteiger partial charge >= 0.3 is 0 Å². The molecule has 1 atom stereocenters. The van der Waals surface area contributed by atoms with E-state index >= 15 is 0 Å². The number of nitrogens with zero attached hydrogens (tertiary/aromatic N) is 5. The Morgan fingerprint density at radius 1 is 1.48 bits per heavy atom. The van der Waals surface area contributed by atoms with E-state index in [1.807, 2.05) is 9.58 Å². The number of amides is 1. The quantitative estimate of drug-likeness (QED) is 0.847. The van der Waals surface area contributed by atoms with Gasteiger partial charge in [-0.2, -0.15) is 5.10 Å². The van der Waals surface area contributed by atoms with Gasteiger partial charge in [0.15, 0.2) is 0 Å². The number of carbonyl (C=O) groups is 1. The van der Waals surface area contributed by atoms with Gasteiger partial charge in [-0.05, 0) is 25.0 Å². The second-order valence-corrected chi connectivity index (χ2v) is 4.98. The molecule has 0 radical (unpaired) electrons. The molecule has 21 heavy (non-hydrogen) atoms. The van der Waals surface area contributed by atoms with Gasteiger partial charge in [0.05, 0.1) is 13.2 Å². The molecule has 7 heteroatoms. The molecule has 0 bridgehead atoms. The first-order chi connectivity index (χ1) is 10.3. The van der Waals surface area contributed by atoms with Crippen LogP contribution in [-0.4, -0.2) is 50.8 Å². The molecule has 0 saturated carbocycles. The van der Waals surface area contributed by atoms with E-state index in [9.17, 15) is 4.79 Å². The van der Waals surface area contributed by atoms with E-state index in [0.717, 1.165) is 19.4 Å². The van der Waals surface area contributed by atoms with Gasteiger partial charge in [0.2, 0.25) is 5.88 Å². The van der Waals surface area contributed by atoms with Crippen molar-refractivity contribution in [3.63, 3.8) is 0 Å². The predicted octanol–water partition coefficient (Wildman–Crippen LogP) is 1.16. The zero-order valence-electron chi connectivity index (χ0n) is 11.8. The van der Waals surface area contributed by atoms with Crippen molar-refractivity contribution in [2.24, 2.45) is 0 Å². The molecule has 2 aromatic heterocycles. The summed E-state index contributed by atoms with van der Waals surface area (Å²) < 4.78 is 6.99. The van der Waals surface area contributed by atoms with Crippen molar-refractivity contribution in [1.82, 2.24) is 24.6 Å². The van der Waals surface area contributed by atoms with Crippen molar-refractivity contribution in [2.75, 3.05) is 20.2 Å². The number of ether oxygens (including phenoxy) is 1. The summed E-state index contributed by atoms with van der Waals surface area (Å²) in [6.45, 7) is 1.36. The summed E-state index contributed by atoms with van der Waals surface area (Å²) >= 11 is 0. The number of pyridine rings is 1. The second-order valence-electron chi connectivity index (χ2n) is 4.98. The van der Waals surface area contributed by atoms with Crippen molar-refractivity contribution in [1.29, 1.82) is 0 Å². The van der Waals surface area contributed by atoms with Crippen molar-refractivity contribution in [3.8, 4) is 5.88 Å². The lowest BCUT2D eigenvalue weighted by Gasteiger charge is -2.32. The number of rotatable bonds is 3. The number of likely N-dealkylation sites (tertiary alicyclic amines) is 1. The predicted molar refractivity (Wildman–Crippen MR) is 75.0 cm³/mol. The van der Waals surface area contributed by atoms with E-state index in [1.54, 1.807) is 24.7 Å². The van der Waals surface area contributed by atoms with Crippen molar-refractivity contribution in [3.05, 3.63) is 36.5 Å². The van der Waals surface area contributed by atoms with Crippen LogP contribution >= 0.6 is 0 Å². The Kier molecular flexibility index (Phi) is 3.81. The Labute approximate surface area is 122 Å². The molecule has 2 aromatic rings. The number of aromatic nitrogens is 4. The topological polar surface area (TPSA) is 73.1 Å². The summed E-state index contributed by atoms with van der Waals surface area (Å²) in [5, 5.41) is 4.17. The highest BCUT2D eigenvalue weighted by molar-refractivity contribution is 5.96. The molecule has 0 N–H and O–H groups in total. The highest BCUT2D eigenvalue weighted by atomic mass is 16.5. The minimum absolute atomic E-state index is 0.0511. The van der Waals surface area contributed by atoms with Gasteiger partial charge < -0.3 is 9.64 Å². The number of carbonyl (C=O) groups excluding carboxylic acids is 1. The fraction of sp³-hybridized carbons (Fsp3) is 0.429. The molecule has 1 amide bonds. The normalized spacial score (nSPS) is 18.5. The maximum atomic E-state index is 12.7. The Morgan fingerprint density at radius 2 is 2.38 bits per heavy atom. The van der Waals surface area contributed by atoms with Crippen LogP contribution in [0.5, 0.6) is 5.88 Å². The van der Waals surface area contributed by atoms with E-state index in [2.05, 4.69) is 15.1 Å². The molecule has 3 heterocycles. The number of piperidine rings is 1. The summed E-state index contributed by atoms with van der Waals surface area (Å²) in [7, 11) is 1.52. The summed E-state index contributed by atoms with van der Waals surface area (Å²) in [4.78, 5) is 22.5. The van der Waals surface area contributed by atoms with Crippen LogP contribution in [0.25, 0.3) is 0 Å². The first-order valence-electron chi connectivity index (χ1n) is 6.92. The highest BCUT2D eigenvalue weighted by Gasteiger charge is 2.27. The molecule has 110 valence electrons. The Bertz CT molecular complexity index is 614. The van der Waals surface area contributed by atoms with Gasteiger partial charge in [0.25, 0.3) is 5.91 Å². The minimum atomic E-state index is -0.0511. The van der Waals surface area contributed by atoms with E-state index in [1.165, 1.54) is 13.4 Å². The second kappa shape index (κ2) is 5.90. The van der Waals surface area contributed by atoms with E-state index in [4.69, 9.17) is 4.74 Å². The third kappa shape index (κ3) is 2.72. The summed E-state index contributed by atoms with van der Waals surface area (Å²) in [5.74, 6) is 0.315. The van der Waals surface area contributed by atoms with Crippen molar-refractivity contribution in [2.45, 2.75) is 18.9 Å². The molecule has 1 saturated heterocycles. The minimum Gasteiger partial charge on any atom is -0.480 e. The van der Waals surface area contributed by atoms with E-state index < -0.39 is 0 Å². The zero-order chi connectivity index (χ0) is 14.7.